The number of hydrogen-bond acceptors (Lipinski definition) is 4. The number of nitrogens with two attached hydrogens (primary N) is 1. The Balaban J connectivity index is 1.48. The van der Waals surface area contributed by atoms with Gasteiger partial charge in [0.15, 0.2) is 0 Å². The van der Waals surface area contributed by atoms with Gasteiger partial charge in [-0.2, -0.15) is 0 Å². The van der Waals surface area contributed by atoms with Gasteiger partial charge in [-0.1, -0.05) is 18.6 Å². The van der Waals surface area contributed by atoms with Gasteiger partial charge in [0.25, 0.3) is 0 Å². The van der Waals surface area contributed by atoms with Crippen LogP contribution >= 0.6 is 0 Å². The SMILES string of the molecule is COc1ccc(N(CCCOc2cccc(CN3CCCCC3)c2)C(N)=O)cc1. The second-order valence-electron chi connectivity index (χ2n) is 7.37. The summed E-state index contributed by atoms with van der Waals surface area (Å²) in [7, 11) is 1.61. The Morgan fingerprint density at radius 1 is 1.07 bits per heavy atom. The fourth-order valence-corrected chi connectivity index (χ4v) is 3.65. The van der Waals surface area contributed by atoms with E-state index in [-0.39, 0.29) is 0 Å². The Morgan fingerprint density at radius 3 is 2.52 bits per heavy atom. The van der Waals surface area contributed by atoms with Crippen molar-refractivity contribution in [2.75, 3.05) is 38.3 Å². The maximum Gasteiger partial charge on any atom is 0.319 e. The first-order chi connectivity index (χ1) is 14.2. The number of piperidine rings is 1. The minimum absolute atomic E-state index is 0.473. The van der Waals surface area contributed by atoms with Gasteiger partial charge in [0.2, 0.25) is 0 Å². The fraction of sp³-hybridized carbons (Fsp3) is 0.435. The van der Waals surface area contributed by atoms with Crippen LogP contribution in [0.25, 0.3) is 0 Å². The number of ether oxygens (including phenoxy) is 2. The highest BCUT2D eigenvalue weighted by molar-refractivity contribution is 5.90. The molecule has 1 heterocycles. The number of likely N-dealkylation sites (tertiary alicyclic amines) is 1. The second kappa shape index (κ2) is 10.7. The molecule has 0 saturated carbocycles. The molecular formula is C23H31N3O3. The number of primary amides is 1. The Morgan fingerprint density at radius 2 is 1.83 bits per heavy atom. The van der Waals surface area contributed by atoms with Crippen molar-refractivity contribution >= 4 is 11.7 Å². The zero-order chi connectivity index (χ0) is 20.5. The molecule has 0 bridgehead atoms. The predicted molar refractivity (Wildman–Crippen MR) is 116 cm³/mol. The van der Waals surface area contributed by atoms with Crippen molar-refractivity contribution in [2.45, 2.75) is 32.2 Å². The van der Waals surface area contributed by atoms with Crippen LogP contribution in [0.4, 0.5) is 10.5 Å². The summed E-state index contributed by atoms with van der Waals surface area (Å²) in [6.07, 6.45) is 4.62. The van der Waals surface area contributed by atoms with Gasteiger partial charge in [-0.25, -0.2) is 4.79 Å². The van der Waals surface area contributed by atoms with E-state index in [0.717, 1.165) is 23.7 Å². The van der Waals surface area contributed by atoms with E-state index in [1.807, 2.05) is 36.4 Å². The van der Waals surface area contributed by atoms with Gasteiger partial charge in [0.05, 0.1) is 13.7 Å². The largest absolute Gasteiger partial charge is 0.497 e. The van der Waals surface area contributed by atoms with Crippen molar-refractivity contribution in [3.05, 3.63) is 54.1 Å². The van der Waals surface area contributed by atoms with E-state index in [1.165, 1.54) is 37.9 Å². The first-order valence-corrected chi connectivity index (χ1v) is 10.3. The Kier molecular flexibility index (Phi) is 7.76. The average Bonchev–Trinajstić information content (AvgIpc) is 2.75. The smallest absolute Gasteiger partial charge is 0.319 e. The van der Waals surface area contributed by atoms with Gasteiger partial charge in [-0.15, -0.1) is 0 Å². The minimum Gasteiger partial charge on any atom is -0.497 e. The maximum absolute atomic E-state index is 11.8. The lowest BCUT2D eigenvalue weighted by molar-refractivity contribution is 0.220. The Hall–Kier alpha value is -2.73. The number of benzene rings is 2. The molecule has 1 aliphatic rings. The maximum atomic E-state index is 11.8. The molecule has 1 saturated heterocycles. The third-order valence-electron chi connectivity index (χ3n) is 5.20. The topological polar surface area (TPSA) is 68.0 Å². The molecule has 2 aromatic carbocycles. The minimum atomic E-state index is -0.473. The number of urea groups is 1. The third kappa shape index (κ3) is 6.39. The molecule has 2 N–H and O–H groups in total. The highest BCUT2D eigenvalue weighted by atomic mass is 16.5. The number of nitrogens with zero attached hydrogens (tertiary/aromatic N) is 2. The second-order valence-corrected chi connectivity index (χ2v) is 7.37. The fourth-order valence-electron chi connectivity index (χ4n) is 3.65. The van der Waals surface area contributed by atoms with E-state index in [9.17, 15) is 4.79 Å². The highest BCUT2D eigenvalue weighted by Gasteiger charge is 2.13. The number of rotatable bonds is 9. The monoisotopic (exact) mass is 397 g/mol. The average molecular weight is 398 g/mol. The first-order valence-electron chi connectivity index (χ1n) is 10.3. The third-order valence-corrected chi connectivity index (χ3v) is 5.20. The summed E-state index contributed by atoms with van der Waals surface area (Å²) >= 11 is 0. The summed E-state index contributed by atoms with van der Waals surface area (Å²) in [5, 5.41) is 0. The molecule has 0 atom stereocenters. The van der Waals surface area contributed by atoms with Gasteiger partial charge >= 0.3 is 6.03 Å². The van der Waals surface area contributed by atoms with Gasteiger partial charge in [-0.3, -0.25) is 9.80 Å². The molecule has 1 aliphatic heterocycles. The van der Waals surface area contributed by atoms with Crippen LogP contribution in [0.3, 0.4) is 0 Å². The molecule has 6 heteroatoms. The van der Waals surface area contributed by atoms with Crippen LogP contribution < -0.4 is 20.1 Å². The molecule has 2 aromatic rings. The van der Waals surface area contributed by atoms with E-state index < -0.39 is 6.03 Å². The molecule has 29 heavy (non-hydrogen) atoms. The predicted octanol–water partition coefficient (Wildman–Crippen LogP) is 4.04. The van der Waals surface area contributed by atoms with Gasteiger partial charge in [-0.05, 0) is 74.3 Å². The zero-order valence-corrected chi connectivity index (χ0v) is 17.2. The number of amides is 2. The highest BCUT2D eigenvalue weighted by Crippen LogP contribution is 2.20. The van der Waals surface area contributed by atoms with E-state index in [2.05, 4.69) is 17.0 Å². The van der Waals surface area contributed by atoms with Crippen molar-refractivity contribution in [1.29, 1.82) is 0 Å². The number of carbonyl (C=O) groups excluding carboxylic acids is 1. The summed E-state index contributed by atoms with van der Waals surface area (Å²) in [5.41, 5.74) is 7.58. The molecule has 156 valence electrons. The van der Waals surface area contributed by atoms with Crippen LogP contribution in [0.2, 0.25) is 0 Å². The zero-order valence-electron chi connectivity index (χ0n) is 17.2. The lowest BCUT2D eigenvalue weighted by Gasteiger charge is -2.26. The molecule has 6 nitrogen and oxygen atoms in total. The van der Waals surface area contributed by atoms with Crippen LogP contribution in [0.5, 0.6) is 11.5 Å². The molecular weight excluding hydrogens is 366 g/mol. The number of methoxy groups -OCH3 is 1. The van der Waals surface area contributed by atoms with Crippen molar-refractivity contribution in [1.82, 2.24) is 4.90 Å². The van der Waals surface area contributed by atoms with Crippen LogP contribution in [-0.4, -0.2) is 44.3 Å². The first kappa shape index (κ1) is 21.0. The van der Waals surface area contributed by atoms with Gasteiger partial charge < -0.3 is 15.2 Å². The molecule has 0 spiro atoms. The quantitative estimate of drug-likeness (QED) is 0.649. The standard InChI is InChI=1S/C23H31N3O3/c1-28-21-11-9-20(10-12-21)26(23(24)27)15-6-16-29-22-8-5-7-19(17-22)18-25-13-3-2-4-14-25/h5,7-12,17H,2-4,6,13-16,18H2,1H3,(H2,24,27). The van der Waals surface area contributed by atoms with Crippen molar-refractivity contribution in [2.24, 2.45) is 5.73 Å². The number of hydrogen-bond donors (Lipinski definition) is 1. The summed E-state index contributed by atoms with van der Waals surface area (Å²) in [6.45, 7) is 4.35. The normalized spacial score (nSPS) is 14.4. The lowest BCUT2D eigenvalue weighted by Crippen LogP contribution is -2.37. The van der Waals surface area contributed by atoms with E-state index in [0.29, 0.717) is 19.6 Å². The van der Waals surface area contributed by atoms with Gasteiger partial charge in [0, 0.05) is 18.8 Å². The van der Waals surface area contributed by atoms with Gasteiger partial charge in [0.1, 0.15) is 11.5 Å². The summed E-state index contributed by atoms with van der Waals surface area (Å²) in [5.74, 6) is 1.61. The molecule has 0 aliphatic carbocycles. The van der Waals surface area contributed by atoms with E-state index in [4.69, 9.17) is 15.2 Å². The number of carbonyl (C=O) groups is 1. The van der Waals surface area contributed by atoms with Crippen molar-refractivity contribution in [3.8, 4) is 11.5 Å². The number of anilines is 1. The lowest BCUT2D eigenvalue weighted by atomic mass is 10.1. The van der Waals surface area contributed by atoms with Crippen molar-refractivity contribution < 1.29 is 14.3 Å². The van der Waals surface area contributed by atoms with Crippen LogP contribution in [0.1, 0.15) is 31.2 Å². The Labute approximate surface area is 173 Å². The van der Waals surface area contributed by atoms with E-state index >= 15 is 0 Å². The molecule has 0 aromatic heterocycles. The molecule has 0 unspecified atom stereocenters. The molecule has 0 radical (unpaired) electrons. The van der Waals surface area contributed by atoms with Crippen LogP contribution in [-0.2, 0) is 6.54 Å². The Bertz CT molecular complexity index is 773. The van der Waals surface area contributed by atoms with Crippen LogP contribution in [0.15, 0.2) is 48.5 Å². The molecule has 1 fully saturated rings. The molecule has 2 amide bonds. The van der Waals surface area contributed by atoms with Crippen molar-refractivity contribution in [3.63, 3.8) is 0 Å². The summed E-state index contributed by atoms with van der Waals surface area (Å²) in [6, 6.07) is 15.1. The summed E-state index contributed by atoms with van der Waals surface area (Å²) in [4.78, 5) is 15.9. The summed E-state index contributed by atoms with van der Waals surface area (Å²) < 4.78 is 11.1. The van der Waals surface area contributed by atoms with E-state index in [1.54, 1.807) is 12.0 Å². The molecule has 3 rings (SSSR count). The van der Waals surface area contributed by atoms with Crippen LogP contribution in [0, 0.1) is 0 Å².